The molecule has 176 valence electrons. The number of aryl methyl sites for hydroxylation is 2. The molecular weight excluding hydrogens is 452 g/mol. The third-order valence-electron chi connectivity index (χ3n) is 6.42. The Hall–Kier alpha value is -3.39. The van der Waals surface area contributed by atoms with Gasteiger partial charge in [0, 0.05) is 18.1 Å². The van der Waals surface area contributed by atoms with Crippen LogP contribution in [0.2, 0.25) is 5.02 Å². The van der Waals surface area contributed by atoms with Gasteiger partial charge >= 0.3 is 0 Å². The molecule has 0 radical (unpaired) electrons. The molecule has 1 N–H and O–H groups in total. The molecule has 9 heteroatoms. The second-order valence-electron chi connectivity index (χ2n) is 8.95. The quantitative estimate of drug-likeness (QED) is 0.432. The van der Waals surface area contributed by atoms with Gasteiger partial charge in [-0.25, -0.2) is 9.67 Å². The number of amides is 1. The largest absolute Gasteiger partial charge is 0.424 e. The number of benzene rings is 2. The first-order valence-corrected chi connectivity index (χ1v) is 11.9. The summed E-state index contributed by atoms with van der Waals surface area (Å²) in [5.41, 5.74) is 3.75. The fraction of sp³-hybridized carbons (Fsp3) is 0.360. The summed E-state index contributed by atoms with van der Waals surface area (Å²) in [4.78, 5) is 24.6. The smallest absolute Gasteiger partial charge is 0.295 e. The van der Waals surface area contributed by atoms with Crippen molar-refractivity contribution in [3.63, 3.8) is 0 Å². The number of halogens is 1. The van der Waals surface area contributed by atoms with Gasteiger partial charge < -0.3 is 14.6 Å². The number of rotatable bonds is 5. The molecule has 4 aromatic rings. The van der Waals surface area contributed by atoms with Crippen LogP contribution in [-0.2, 0) is 0 Å². The van der Waals surface area contributed by atoms with Crippen molar-refractivity contribution >= 4 is 34.6 Å². The maximum Gasteiger partial charge on any atom is 0.295 e. The van der Waals surface area contributed by atoms with Crippen LogP contribution in [-0.4, -0.2) is 49.7 Å². The van der Waals surface area contributed by atoms with Crippen molar-refractivity contribution in [3.05, 3.63) is 64.7 Å². The highest BCUT2D eigenvalue weighted by atomic mass is 35.5. The van der Waals surface area contributed by atoms with Crippen LogP contribution < -0.4 is 5.32 Å². The van der Waals surface area contributed by atoms with Crippen LogP contribution in [0.15, 0.2) is 47.1 Å². The fourth-order valence-corrected chi connectivity index (χ4v) is 4.78. The Morgan fingerprint density at radius 1 is 1.24 bits per heavy atom. The van der Waals surface area contributed by atoms with Crippen LogP contribution >= 0.6 is 11.6 Å². The minimum Gasteiger partial charge on any atom is -0.424 e. The predicted octanol–water partition coefficient (Wildman–Crippen LogP) is 5.03. The Labute approximate surface area is 202 Å². The van der Waals surface area contributed by atoms with Crippen molar-refractivity contribution in [2.24, 2.45) is 5.92 Å². The van der Waals surface area contributed by atoms with Crippen LogP contribution in [0.3, 0.4) is 0 Å². The Morgan fingerprint density at radius 2 is 2.09 bits per heavy atom. The highest BCUT2D eigenvalue weighted by Gasteiger charge is 2.33. The average Bonchev–Trinajstić information content (AvgIpc) is 3.43. The molecule has 1 aliphatic rings. The number of oxazole rings is 1. The van der Waals surface area contributed by atoms with Crippen molar-refractivity contribution in [1.82, 2.24) is 24.6 Å². The Kier molecular flexibility index (Phi) is 6.00. The summed E-state index contributed by atoms with van der Waals surface area (Å²) in [6.07, 6.45) is 3.67. The number of fused-ring (bicyclic) bond motifs is 1. The van der Waals surface area contributed by atoms with Gasteiger partial charge in [0.25, 0.3) is 11.9 Å². The molecular formula is C25H27ClN6O2. The van der Waals surface area contributed by atoms with Gasteiger partial charge in [0.2, 0.25) is 0 Å². The average molecular weight is 479 g/mol. The first kappa shape index (κ1) is 22.4. The predicted molar refractivity (Wildman–Crippen MR) is 132 cm³/mol. The van der Waals surface area contributed by atoms with Crippen molar-refractivity contribution in [2.45, 2.75) is 39.7 Å². The number of carbonyl (C=O) groups excluding carboxylic acids is 1. The Balaban J connectivity index is 1.41. The van der Waals surface area contributed by atoms with Gasteiger partial charge in [-0.1, -0.05) is 30.2 Å². The molecule has 2 aromatic heterocycles. The molecule has 34 heavy (non-hydrogen) atoms. The molecule has 1 amide bonds. The highest BCUT2D eigenvalue weighted by Crippen LogP contribution is 2.28. The normalized spacial score (nSPS) is 18.4. The molecule has 2 aromatic carbocycles. The van der Waals surface area contributed by atoms with E-state index in [1.54, 1.807) is 29.2 Å². The van der Waals surface area contributed by atoms with Crippen molar-refractivity contribution in [1.29, 1.82) is 0 Å². The zero-order chi connectivity index (χ0) is 23.8. The summed E-state index contributed by atoms with van der Waals surface area (Å²) in [7, 11) is 0. The van der Waals surface area contributed by atoms with E-state index >= 15 is 0 Å². The number of aromatic nitrogens is 4. The lowest BCUT2D eigenvalue weighted by atomic mass is 9.90. The number of carbonyl (C=O) groups is 1. The molecule has 2 unspecified atom stereocenters. The van der Waals surface area contributed by atoms with Crippen molar-refractivity contribution < 1.29 is 9.21 Å². The monoisotopic (exact) mass is 478 g/mol. The Morgan fingerprint density at radius 3 is 2.88 bits per heavy atom. The minimum atomic E-state index is -0.00862. The zero-order valence-corrected chi connectivity index (χ0v) is 20.2. The number of nitrogens with zero attached hydrogens (tertiary/aromatic N) is 5. The third kappa shape index (κ3) is 4.37. The summed E-state index contributed by atoms with van der Waals surface area (Å²) in [5.74, 6) is 0.979. The van der Waals surface area contributed by atoms with Gasteiger partial charge in [0.15, 0.2) is 5.58 Å². The molecule has 8 nitrogen and oxygen atoms in total. The molecule has 3 heterocycles. The minimum absolute atomic E-state index is 0.00505. The highest BCUT2D eigenvalue weighted by molar-refractivity contribution is 6.31. The van der Waals surface area contributed by atoms with Crippen molar-refractivity contribution in [3.8, 4) is 5.69 Å². The molecule has 0 saturated carbocycles. The van der Waals surface area contributed by atoms with Crippen LogP contribution in [0.1, 0.15) is 41.5 Å². The molecule has 0 bridgehead atoms. The van der Waals surface area contributed by atoms with E-state index in [0.29, 0.717) is 52.5 Å². The van der Waals surface area contributed by atoms with E-state index in [0.717, 1.165) is 24.1 Å². The van der Waals surface area contributed by atoms with E-state index in [9.17, 15) is 4.79 Å². The van der Waals surface area contributed by atoms with E-state index < -0.39 is 0 Å². The van der Waals surface area contributed by atoms with Crippen LogP contribution in [0, 0.1) is 19.8 Å². The number of likely N-dealkylation sites (tertiary alicyclic amines) is 1. The second kappa shape index (κ2) is 9.10. The standard InChI is InChI=1S/C25H27ClN6O2/c1-15-6-8-21(32-14-28-17(3)30-32)19(11-15)24(33)31-10-4-5-16(2)22(31)13-27-25-29-20-12-18(26)7-9-23(20)34-25/h6-9,11-12,14,16,22H,4-5,10,13H2,1-3H3,(H,27,29). The molecule has 2 atom stereocenters. The first-order chi connectivity index (χ1) is 16.4. The van der Waals surface area contributed by atoms with Gasteiger partial charge in [-0.05, 0) is 62.9 Å². The zero-order valence-electron chi connectivity index (χ0n) is 19.5. The lowest BCUT2D eigenvalue weighted by Gasteiger charge is -2.40. The van der Waals surface area contributed by atoms with E-state index in [2.05, 4.69) is 27.3 Å². The maximum absolute atomic E-state index is 13.9. The lowest BCUT2D eigenvalue weighted by Crippen LogP contribution is -2.51. The topological polar surface area (TPSA) is 89.1 Å². The molecule has 1 saturated heterocycles. The molecule has 1 fully saturated rings. The summed E-state index contributed by atoms with van der Waals surface area (Å²) in [6.45, 7) is 7.25. The summed E-state index contributed by atoms with van der Waals surface area (Å²) >= 11 is 6.07. The number of hydrogen-bond acceptors (Lipinski definition) is 6. The number of nitrogens with one attached hydrogen (secondary N) is 1. The summed E-state index contributed by atoms with van der Waals surface area (Å²) in [6, 6.07) is 11.6. The van der Waals surface area contributed by atoms with E-state index in [-0.39, 0.29) is 11.9 Å². The van der Waals surface area contributed by atoms with Gasteiger partial charge in [0.05, 0.1) is 17.3 Å². The van der Waals surface area contributed by atoms with Gasteiger partial charge in [-0.15, -0.1) is 0 Å². The van der Waals surface area contributed by atoms with E-state index in [1.807, 2.05) is 36.9 Å². The number of hydrogen-bond donors (Lipinski definition) is 1. The van der Waals surface area contributed by atoms with E-state index in [4.69, 9.17) is 16.0 Å². The van der Waals surface area contributed by atoms with Crippen LogP contribution in [0.25, 0.3) is 16.8 Å². The third-order valence-corrected chi connectivity index (χ3v) is 6.66. The van der Waals surface area contributed by atoms with Crippen molar-refractivity contribution in [2.75, 3.05) is 18.4 Å². The van der Waals surface area contributed by atoms with E-state index in [1.165, 1.54) is 0 Å². The number of piperidine rings is 1. The fourth-order valence-electron chi connectivity index (χ4n) is 4.62. The van der Waals surface area contributed by atoms with Gasteiger partial charge in [-0.2, -0.15) is 10.1 Å². The van der Waals surface area contributed by atoms with Gasteiger partial charge in [0.1, 0.15) is 17.7 Å². The molecule has 0 aliphatic carbocycles. The molecule has 1 aliphatic heterocycles. The van der Waals surface area contributed by atoms with Crippen LogP contribution in [0.5, 0.6) is 0 Å². The molecule has 5 rings (SSSR count). The molecule has 0 spiro atoms. The van der Waals surface area contributed by atoms with Gasteiger partial charge in [-0.3, -0.25) is 4.79 Å². The first-order valence-electron chi connectivity index (χ1n) is 11.5. The SMILES string of the molecule is Cc1ccc(-n2cnc(C)n2)c(C(=O)N2CCCC(C)C2CNc2nc3cc(Cl)ccc3o2)c1. The summed E-state index contributed by atoms with van der Waals surface area (Å²) in [5, 5.41) is 8.35. The Bertz CT molecular complexity index is 1350. The maximum atomic E-state index is 13.9. The number of anilines is 1. The summed E-state index contributed by atoms with van der Waals surface area (Å²) < 4.78 is 7.49. The lowest BCUT2D eigenvalue weighted by molar-refractivity contribution is 0.0539. The van der Waals surface area contributed by atoms with Crippen LogP contribution in [0.4, 0.5) is 6.01 Å². The second-order valence-corrected chi connectivity index (χ2v) is 9.39.